The molecule has 7 nitrogen and oxygen atoms in total. The number of amides is 1. The van der Waals surface area contributed by atoms with E-state index in [2.05, 4.69) is 33.5 Å². The van der Waals surface area contributed by atoms with Crippen molar-refractivity contribution in [2.24, 2.45) is 0 Å². The molecule has 4 rings (SSSR count). The number of benzene rings is 2. The first-order valence-corrected chi connectivity index (χ1v) is 11.2. The van der Waals surface area contributed by atoms with Gasteiger partial charge in [-0.05, 0) is 42.7 Å². The average Bonchev–Trinajstić information content (AvgIpc) is 3.45. The van der Waals surface area contributed by atoms with E-state index < -0.39 is 0 Å². The van der Waals surface area contributed by atoms with Gasteiger partial charge in [-0.15, -0.1) is 10.2 Å². The minimum atomic E-state index is -0.366. The molecule has 0 saturated heterocycles. The van der Waals surface area contributed by atoms with Gasteiger partial charge in [0.05, 0.1) is 17.1 Å². The van der Waals surface area contributed by atoms with Gasteiger partial charge in [0.25, 0.3) is 0 Å². The number of imidazole rings is 1. The van der Waals surface area contributed by atoms with Crippen LogP contribution in [0, 0.1) is 12.7 Å². The summed E-state index contributed by atoms with van der Waals surface area (Å²) in [4.78, 5) is 16.5. The van der Waals surface area contributed by atoms with Crippen molar-refractivity contribution in [1.82, 2.24) is 29.6 Å². The van der Waals surface area contributed by atoms with E-state index in [1.165, 1.54) is 23.4 Å². The van der Waals surface area contributed by atoms with E-state index in [0.717, 1.165) is 12.1 Å². The second kappa shape index (κ2) is 9.78. The maximum atomic E-state index is 14.5. The van der Waals surface area contributed by atoms with Crippen molar-refractivity contribution < 1.29 is 9.18 Å². The van der Waals surface area contributed by atoms with Gasteiger partial charge < -0.3 is 9.88 Å². The minimum Gasteiger partial charge on any atom is -0.351 e. The van der Waals surface area contributed by atoms with Gasteiger partial charge in [-0.25, -0.2) is 9.37 Å². The first-order valence-electron chi connectivity index (χ1n) is 10.2. The van der Waals surface area contributed by atoms with E-state index in [-0.39, 0.29) is 24.0 Å². The molecule has 32 heavy (non-hydrogen) atoms. The molecular weight excluding hydrogens is 427 g/mol. The minimum absolute atomic E-state index is 0.164. The Morgan fingerprint density at radius 2 is 2.00 bits per heavy atom. The Labute approximate surface area is 189 Å². The van der Waals surface area contributed by atoms with Crippen LogP contribution in [0.4, 0.5) is 4.39 Å². The number of thioether (sulfide) groups is 1. The third-order valence-corrected chi connectivity index (χ3v) is 6.01. The normalized spacial score (nSPS) is 11.0. The summed E-state index contributed by atoms with van der Waals surface area (Å²) in [6, 6.07) is 13.0. The van der Waals surface area contributed by atoms with Crippen LogP contribution in [0.5, 0.6) is 0 Å². The fourth-order valence-electron chi connectivity index (χ4n) is 3.40. The number of hydrogen-bond donors (Lipinski definition) is 1. The summed E-state index contributed by atoms with van der Waals surface area (Å²) in [6.45, 7) is 4.15. The smallest absolute Gasteiger partial charge is 0.230 e. The number of carbonyl (C=O) groups is 1. The van der Waals surface area contributed by atoms with Crippen LogP contribution in [-0.4, -0.2) is 36.0 Å². The molecule has 4 aromatic rings. The highest BCUT2D eigenvalue weighted by Gasteiger charge is 2.13. The van der Waals surface area contributed by atoms with Crippen LogP contribution in [0.25, 0.3) is 11.4 Å². The summed E-state index contributed by atoms with van der Waals surface area (Å²) in [5.41, 5.74) is 3.29. The number of nitrogens with one attached hydrogen (secondary N) is 1. The Bertz CT molecular complexity index is 1230. The standard InChI is InChI=1S/C23H23FN6OS/c1-3-18-6-4-5-7-20(18)30-15-27-28-23(30)32-14-22(31)26-13-17-8-9-21(19(24)12-17)29-11-10-25-16(29)2/h4-12,15H,3,13-14H2,1-2H3,(H,26,31). The van der Waals surface area contributed by atoms with Gasteiger partial charge in [0.1, 0.15) is 18.0 Å². The molecule has 0 fully saturated rings. The zero-order valence-corrected chi connectivity index (χ0v) is 18.6. The van der Waals surface area contributed by atoms with Crippen molar-refractivity contribution >= 4 is 17.7 Å². The predicted octanol–water partition coefficient (Wildman–Crippen LogP) is 3.87. The Hall–Kier alpha value is -3.46. The molecule has 0 aliphatic rings. The lowest BCUT2D eigenvalue weighted by Crippen LogP contribution is -2.24. The summed E-state index contributed by atoms with van der Waals surface area (Å²) in [5.74, 6) is 0.358. The van der Waals surface area contributed by atoms with E-state index in [0.29, 0.717) is 22.2 Å². The molecule has 0 bridgehead atoms. The average molecular weight is 451 g/mol. The van der Waals surface area contributed by atoms with Crippen LogP contribution < -0.4 is 5.32 Å². The van der Waals surface area contributed by atoms with E-state index in [9.17, 15) is 9.18 Å². The lowest BCUT2D eigenvalue weighted by molar-refractivity contribution is -0.118. The van der Waals surface area contributed by atoms with Crippen molar-refractivity contribution in [2.75, 3.05) is 5.75 Å². The topological polar surface area (TPSA) is 77.6 Å². The van der Waals surface area contributed by atoms with Crippen LogP contribution in [-0.2, 0) is 17.8 Å². The van der Waals surface area contributed by atoms with E-state index >= 15 is 0 Å². The first kappa shape index (κ1) is 21.8. The second-order valence-corrected chi connectivity index (χ2v) is 8.10. The molecule has 164 valence electrons. The second-order valence-electron chi connectivity index (χ2n) is 7.16. The molecule has 0 spiro atoms. The Morgan fingerprint density at radius 1 is 1.16 bits per heavy atom. The van der Waals surface area contributed by atoms with Crippen molar-refractivity contribution in [3.05, 3.63) is 84.0 Å². The summed E-state index contributed by atoms with van der Waals surface area (Å²) >= 11 is 1.31. The maximum Gasteiger partial charge on any atom is 0.230 e. The van der Waals surface area contributed by atoms with Gasteiger partial charge in [-0.2, -0.15) is 0 Å². The Morgan fingerprint density at radius 3 is 2.75 bits per heavy atom. The number of para-hydroxylation sites is 1. The van der Waals surface area contributed by atoms with Gasteiger partial charge in [-0.3, -0.25) is 9.36 Å². The number of aromatic nitrogens is 5. The Balaban J connectivity index is 1.35. The molecule has 0 atom stereocenters. The molecule has 1 amide bonds. The number of aryl methyl sites for hydroxylation is 2. The van der Waals surface area contributed by atoms with E-state index in [4.69, 9.17) is 0 Å². The number of nitrogens with zero attached hydrogens (tertiary/aromatic N) is 5. The van der Waals surface area contributed by atoms with Gasteiger partial charge >= 0.3 is 0 Å². The van der Waals surface area contributed by atoms with Crippen LogP contribution >= 0.6 is 11.8 Å². The quantitative estimate of drug-likeness (QED) is 0.413. The van der Waals surface area contributed by atoms with E-state index in [1.807, 2.05) is 29.7 Å². The van der Waals surface area contributed by atoms with Crippen LogP contribution in [0.2, 0.25) is 0 Å². The SMILES string of the molecule is CCc1ccccc1-n1cnnc1SCC(=O)NCc1ccc(-n2ccnc2C)c(F)c1. The third-order valence-electron chi connectivity index (χ3n) is 5.07. The predicted molar refractivity (Wildman–Crippen MR) is 122 cm³/mol. The molecule has 1 N–H and O–H groups in total. The molecule has 9 heteroatoms. The van der Waals surface area contributed by atoms with Crippen molar-refractivity contribution in [3.63, 3.8) is 0 Å². The molecule has 2 aromatic heterocycles. The number of hydrogen-bond acceptors (Lipinski definition) is 5. The number of rotatable bonds is 8. The molecule has 0 aliphatic heterocycles. The Kier molecular flexibility index (Phi) is 6.65. The lowest BCUT2D eigenvalue weighted by atomic mass is 10.1. The molecule has 0 aliphatic carbocycles. The first-order chi connectivity index (χ1) is 15.6. The molecule has 0 unspecified atom stereocenters. The summed E-state index contributed by atoms with van der Waals surface area (Å²) in [6.07, 6.45) is 5.88. The maximum absolute atomic E-state index is 14.5. The number of halogens is 1. The fourth-order valence-corrected chi connectivity index (χ4v) is 4.15. The molecule has 0 radical (unpaired) electrons. The van der Waals surface area contributed by atoms with Gasteiger partial charge in [0.2, 0.25) is 5.91 Å². The monoisotopic (exact) mass is 450 g/mol. The van der Waals surface area contributed by atoms with Crippen LogP contribution in [0.3, 0.4) is 0 Å². The molecule has 2 aromatic carbocycles. The molecule has 2 heterocycles. The summed E-state index contributed by atoms with van der Waals surface area (Å²) in [5, 5.41) is 11.6. The van der Waals surface area contributed by atoms with Crippen LogP contribution in [0.15, 0.2) is 66.3 Å². The number of carbonyl (C=O) groups excluding carboxylic acids is 1. The lowest BCUT2D eigenvalue weighted by Gasteiger charge is -2.11. The summed E-state index contributed by atoms with van der Waals surface area (Å²) in [7, 11) is 0. The zero-order chi connectivity index (χ0) is 22.5. The third kappa shape index (κ3) is 4.72. The van der Waals surface area contributed by atoms with Crippen LogP contribution in [0.1, 0.15) is 23.9 Å². The highest BCUT2D eigenvalue weighted by molar-refractivity contribution is 7.99. The summed E-state index contributed by atoms with van der Waals surface area (Å²) < 4.78 is 18.1. The highest BCUT2D eigenvalue weighted by atomic mass is 32.2. The van der Waals surface area contributed by atoms with Gasteiger partial charge in [0, 0.05) is 18.9 Å². The zero-order valence-electron chi connectivity index (χ0n) is 17.8. The largest absolute Gasteiger partial charge is 0.351 e. The highest BCUT2D eigenvalue weighted by Crippen LogP contribution is 2.22. The molecular formula is C23H23FN6OS. The van der Waals surface area contributed by atoms with Crippen molar-refractivity contribution in [3.8, 4) is 11.4 Å². The van der Waals surface area contributed by atoms with Crippen molar-refractivity contribution in [1.29, 1.82) is 0 Å². The molecule has 0 saturated carbocycles. The van der Waals surface area contributed by atoms with Crippen molar-refractivity contribution in [2.45, 2.75) is 32.0 Å². The fraction of sp³-hybridized carbons (Fsp3) is 0.217. The van der Waals surface area contributed by atoms with Gasteiger partial charge in [0.15, 0.2) is 5.16 Å². The van der Waals surface area contributed by atoms with E-state index in [1.54, 1.807) is 35.4 Å². The van der Waals surface area contributed by atoms with Gasteiger partial charge in [-0.1, -0.05) is 43.0 Å².